The zero-order valence-electron chi connectivity index (χ0n) is 13.6. The number of imidazole rings is 1. The molecule has 1 N–H and O–H groups in total. The summed E-state index contributed by atoms with van der Waals surface area (Å²) in [5.41, 5.74) is -1.02. The Labute approximate surface area is 138 Å². The molecule has 1 saturated heterocycles. The summed E-state index contributed by atoms with van der Waals surface area (Å²) in [6, 6.07) is 0. The fraction of sp³-hybridized carbons (Fsp3) is 0.467. The molecular weight excluding hydrogens is 315 g/mol. The van der Waals surface area contributed by atoms with Gasteiger partial charge in [-0.1, -0.05) is 0 Å². The van der Waals surface area contributed by atoms with Gasteiger partial charge in [-0.25, -0.2) is 19.2 Å². The number of hydrogen-bond acceptors (Lipinski definition) is 6. The van der Waals surface area contributed by atoms with Gasteiger partial charge in [0.15, 0.2) is 11.6 Å². The molecule has 2 aromatic rings. The summed E-state index contributed by atoms with van der Waals surface area (Å²) in [5, 5.41) is 9.72. The molecule has 3 heterocycles. The number of hydrogen-bond donors (Lipinski definition) is 1. The molecule has 1 fully saturated rings. The Morgan fingerprint density at radius 2 is 2.08 bits per heavy atom. The predicted octanol–water partition coefficient (Wildman–Crippen LogP) is 0.958. The number of nitrogens with zero attached hydrogens (tertiary/aromatic N) is 6. The van der Waals surface area contributed by atoms with Gasteiger partial charge in [0, 0.05) is 39.6 Å². The first-order valence-electron chi connectivity index (χ1n) is 7.61. The van der Waals surface area contributed by atoms with Crippen LogP contribution in [0.25, 0.3) is 0 Å². The van der Waals surface area contributed by atoms with Gasteiger partial charge in [0.1, 0.15) is 5.54 Å². The van der Waals surface area contributed by atoms with E-state index in [2.05, 4.69) is 15.0 Å². The molecule has 0 saturated carbocycles. The fourth-order valence-electron chi connectivity index (χ4n) is 2.99. The summed E-state index contributed by atoms with van der Waals surface area (Å²) in [7, 11) is 3.42. The van der Waals surface area contributed by atoms with Gasteiger partial charge in [-0.3, -0.25) is 0 Å². The lowest BCUT2D eigenvalue weighted by Crippen LogP contribution is -2.51. The lowest BCUT2D eigenvalue weighted by atomic mass is 9.87. The van der Waals surface area contributed by atoms with Gasteiger partial charge in [0.25, 0.3) is 0 Å². The molecule has 3 rings (SSSR count). The Morgan fingerprint density at radius 1 is 1.38 bits per heavy atom. The van der Waals surface area contributed by atoms with Gasteiger partial charge in [-0.05, 0) is 12.8 Å². The molecule has 128 valence electrons. The number of carbonyl (C=O) groups is 1. The smallest absolute Gasteiger partial charge is 0.330 e. The molecule has 1 aliphatic rings. The molecule has 0 aromatic carbocycles. The molecule has 2 aromatic heterocycles. The van der Waals surface area contributed by atoms with E-state index in [1.165, 1.54) is 6.33 Å². The highest BCUT2D eigenvalue weighted by Gasteiger charge is 2.43. The summed E-state index contributed by atoms with van der Waals surface area (Å²) in [5.74, 6) is -0.748. The third-order valence-electron chi connectivity index (χ3n) is 4.41. The number of piperidine rings is 1. The van der Waals surface area contributed by atoms with Gasteiger partial charge in [0.2, 0.25) is 5.95 Å². The molecule has 0 amide bonds. The number of aliphatic carboxylic acids is 1. The van der Waals surface area contributed by atoms with Crippen molar-refractivity contribution in [3.05, 3.63) is 30.7 Å². The van der Waals surface area contributed by atoms with Crippen LogP contribution in [0.15, 0.2) is 24.9 Å². The average molecular weight is 334 g/mol. The lowest BCUT2D eigenvalue weighted by molar-refractivity contribution is -0.148. The average Bonchev–Trinajstić information content (AvgIpc) is 3.10. The van der Waals surface area contributed by atoms with Crippen molar-refractivity contribution in [1.29, 1.82) is 0 Å². The molecule has 0 aliphatic carbocycles. The molecule has 0 spiro atoms. The molecule has 0 radical (unpaired) electrons. The van der Waals surface area contributed by atoms with Crippen LogP contribution in [0.4, 0.5) is 16.2 Å². The number of anilines is 2. The van der Waals surface area contributed by atoms with Crippen molar-refractivity contribution in [3.8, 4) is 0 Å². The summed E-state index contributed by atoms with van der Waals surface area (Å²) in [6.45, 7) is 0.923. The van der Waals surface area contributed by atoms with Crippen molar-refractivity contribution in [3.63, 3.8) is 0 Å². The van der Waals surface area contributed by atoms with E-state index in [0.29, 0.717) is 31.9 Å². The van der Waals surface area contributed by atoms with Crippen molar-refractivity contribution in [2.75, 3.05) is 37.0 Å². The summed E-state index contributed by atoms with van der Waals surface area (Å²) in [4.78, 5) is 27.6. The van der Waals surface area contributed by atoms with Crippen LogP contribution in [0, 0.1) is 5.82 Å². The Bertz CT molecular complexity index is 726. The van der Waals surface area contributed by atoms with Crippen molar-refractivity contribution < 1.29 is 14.3 Å². The van der Waals surface area contributed by atoms with E-state index in [0.717, 1.165) is 6.20 Å². The minimum Gasteiger partial charge on any atom is -0.479 e. The zero-order chi connectivity index (χ0) is 17.3. The second-order valence-electron chi connectivity index (χ2n) is 6.03. The van der Waals surface area contributed by atoms with Crippen LogP contribution < -0.4 is 9.80 Å². The molecule has 0 bridgehead atoms. The summed E-state index contributed by atoms with van der Waals surface area (Å²) < 4.78 is 15.4. The molecule has 0 unspecified atom stereocenters. The van der Waals surface area contributed by atoms with E-state index in [-0.39, 0.29) is 5.82 Å². The van der Waals surface area contributed by atoms with Crippen LogP contribution in [0.2, 0.25) is 0 Å². The summed E-state index contributed by atoms with van der Waals surface area (Å²) in [6.07, 6.45) is 6.69. The molecule has 9 heteroatoms. The Kier molecular flexibility index (Phi) is 4.08. The molecule has 0 atom stereocenters. The highest BCUT2D eigenvalue weighted by Crippen LogP contribution is 2.32. The monoisotopic (exact) mass is 334 g/mol. The van der Waals surface area contributed by atoms with Crippen molar-refractivity contribution in [2.24, 2.45) is 0 Å². The van der Waals surface area contributed by atoms with E-state index in [1.807, 2.05) is 4.90 Å². The maximum Gasteiger partial charge on any atom is 0.330 e. The maximum absolute atomic E-state index is 13.7. The van der Waals surface area contributed by atoms with Crippen LogP contribution in [0.5, 0.6) is 0 Å². The Balaban J connectivity index is 1.82. The molecule has 24 heavy (non-hydrogen) atoms. The van der Waals surface area contributed by atoms with E-state index in [4.69, 9.17) is 0 Å². The van der Waals surface area contributed by atoms with Crippen LogP contribution in [0.1, 0.15) is 12.8 Å². The van der Waals surface area contributed by atoms with Gasteiger partial charge in [0.05, 0.1) is 12.5 Å². The lowest BCUT2D eigenvalue weighted by Gasteiger charge is -2.39. The SMILES string of the molecule is CN(C)c1nc(N2CCC(C(=O)O)(n3ccnc3)CC2)ncc1F. The first-order valence-corrected chi connectivity index (χ1v) is 7.61. The van der Waals surface area contributed by atoms with Crippen LogP contribution in [-0.4, -0.2) is 57.8 Å². The van der Waals surface area contributed by atoms with Crippen molar-refractivity contribution in [1.82, 2.24) is 19.5 Å². The minimum atomic E-state index is -1.02. The third-order valence-corrected chi connectivity index (χ3v) is 4.41. The second-order valence-corrected chi connectivity index (χ2v) is 6.03. The summed E-state index contributed by atoms with van der Waals surface area (Å²) >= 11 is 0. The topological polar surface area (TPSA) is 87.4 Å². The molecular formula is C15H19FN6O2. The Morgan fingerprint density at radius 3 is 2.62 bits per heavy atom. The van der Waals surface area contributed by atoms with Crippen molar-refractivity contribution >= 4 is 17.7 Å². The first kappa shape index (κ1) is 16.2. The highest BCUT2D eigenvalue weighted by atomic mass is 19.1. The predicted molar refractivity (Wildman–Crippen MR) is 85.6 cm³/mol. The molecule has 1 aliphatic heterocycles. The third kappa shape index (κ3) is 2.66. The van der Waals surface area contributed by atoms with E-state index in [1.54, 1.807) is 36.0 Å². The van der Waals surface area contributed by atoms with E-state index >= 15 is 0 Å². The Hall–Kier alpha value is -2.71. The molecule has 8 nitrogen and oxygen atoms in total. The number of carboxylic acid groups (broad SMARTS) is 1. The first-order chi connectivity index (χ1) is 11.4. The number of halogens is 1. The van der Waals surface area contributed by atoms with Gasteiger partial charge >= 0.3 is 5.97 Å². The fourth-order valence-corrected chi connectivity index (χ4v) is 2.99. The number of rotatable bonds is 4. The number of aromatic nitrogens is 4. The van der Waals surface area contributed by atoms with Crippen LogP contribution >= 0.6 is 0 Å². The minimum absolute atomic E-state index is 0.213. The maximum atomic E-state index is 13.7. The standard InChI is InChI=1S/C15H19FN6O2/c1-20(2)12-11(16)9-18-14(19-12)21-6-3-15(4-7-21,13(23)24)22-8-5-17-10-22/h5,8-10H,3-4,6-7H2,1-2H3,(H,23,24). The van der Waals surface area contributed by atoms with E-state index in [9.17, 15) is 14.3 Å². The van der Waals surface area contributed by atoms with Crippen LogP contribution in [-0.2, 0) is 10.3 Å². The van der Waals surface area contributed by atoms with Crippen LogP contribution in [0.3, 0.4) is 0 Å². The normalized spacial score (nSPS) is 16.9. The highest BCUT2D eigenvalue weighted by molar-refractivity contribution is 5.77. The largest absolute Gasteiger partial charge is 0.479 e. The second kappa shape index (κ2) is 6.06. The van der Waals surface area contributed by atoms with Crippen molar-refractivity contribution in [2.45, 2.75) is 18.4 Å². The van der Waals surface area contributed by atoms with Gasteiger partial charge in [-0.2, -0.15) is 4.98 Å². The van der Waals surface area contributed by atoms with E-state index < -0.39 is 17.3 Å². The zero-order valence-corrected chi connectivity index (χ0v) is 13.6. The van der Waals surface area contributed by atoms with Gasteiger partial charge in [-0.15, -0.1) is 0 Å². The van der Waals surface area contributed by atoms with Gasteiger partial charge < -0.3 is 19.5 Å². The quantitative estimate of drug-likeness (QED) is 0.891. The number of carboxylic acids is 1.